The van der Waals surface area contributed by atoms with Crippen molar-refractivity contribution in [3.8, 4) is 106 Å². The molecular formula is C92H57NO2. The number of benzene rings is 16. The number of rotatable bonds is 10. The first-order chi connectivity index (χ1) is 47.1. The summed E-state index contributed by atoms with van der Waals surface area (Å²) >= 11 is 0. The fourth-order valence-corrected chi connectivity index (χ4v) is 15.0. The molecule has 3 aromatic heterocycles. The van der Waals surface area contributed by atoms with Crippen LogP contribution in [0.5, 0.6) is 0 Å². The lowest BCUT2D eigenvalue weighted by atomic mass is 9.85. The van der Waals surface area contributed by atoms with Gasteiger partial charge in [-0.25, -0.2) is 0 Å². The first-order valence-electron chi connectivity index (χ1n) is 32.6. The highest BCUT2D eigenvalue weighted by atomic mass is 16.3. The van der Waals surface area contributed by atoms with Crippen LogP contribution in [-0.2, 0) is 0 Å². The van der Waals surface area contributed by atoms with Gasteiger partial charge in [0, 0.05) is 49.1 Å². The maximum absolute atomic E-state index is 7.05. The molecule has 0 radical (unpaired) electrons. The van der Waals surface area contributed by atoms with Crippen LogP contribution in [0.2, 0.25) is 0 Å². The average molecular weight is 1210 g/mol. The Hall–Kier alpha value is -12.6. The molecule has 16 aromatic carbocycles. The molecule has 19 aromatic rings. The molecule has 0 unspecified atom stereocenters. The van der Waals surface area contributed by atoms with Crippen LogP contribution in [0.25, 0.3) is 193 Å². The van der Waals surface area contributed by atoms with Gasteiger partial charge in [0.15, 0.2) is 0 Å². The van der Waals surface area contributed by atoms with Crippen LogP contribution in [0, 0.1) is 0 Å². The third-order valence-corrected chi connectivity index (χ3v) is 19.6. The van der Waals surface area contributed by atoms with Crippen LogP contribution < -0.4 is 0 Å². The lowest BCUT2D eigenvalue weighted by Crippen LogP contribution is -1.95. The van der Waals surface area contributed by atoms with Gasteiger partial charge in [0.2, 0.25) is 0 Å². The molecule has 0 fully saturated rings. The van der Waals surface area contributed by atoms with Crippen LogP contribution in [0.4, 0.5) is 0 Å². The van der Waals surface area contributed by atoms with Gasteiger partial charge >= 0.3 is 0 Å². The first kappa shape index (κ1) is 54.2. The minimum Gasteiger partial charge on any atom is -0.455 e. The molecule has 0 aliphatic rings. The standard InChI is InChI=1S/C92H57NO2/c1-7-21-58(22-8-1)66-40-47-87-80(49-66)83-54-70(60-25-11-3-12-26-60)52-78(91(83)94-87)68-38-44-73-74-45-39-69(79-53-71(61-27-13-4-14-28-61)55-84-81-50-67(59-23-9-2-10-24-59)41-48-88(81)95-92(79)84)57-86(74)93(85(73)56-68)72-42-35-62(36-43-72)65-37-46-77-82(51-65)90(64-31-17-6-18-32-64)76-34-20-19-33-75(76)89(77)63-29-15-5-16-30-63/h1-57H. The minimum absolute atomic E-state index is 0.855. The summed E-state index contributed by atoms with van der Waals surface area (Å²) in [6.07, 6.45) is 0. The topological polar surface area (TPSA) is 31.2 Å². The van der Waals surface area contributed by atoms with Gasteiger partial charge in [-0.3, -0.25) is 0 Å². The number of hydrogen-bond donors (Lipinski definition) is 0. The third-order valence-electron chi connectivity index (χ3n) is 19.6. The zero-order valence-corrected chi connectivity index (χ0v) is 51.7. The van der Waals surface area contributed by atoms with Gasteiger partial charge in [-0.15, -0.1) is 0 Å². The van der Waals surface area contributed by atoms with Crippen molar-refractivity contribution >= 4 is 87.2 Å². The van der Waals surface area contributed by atoms with Gasteiger partial charge in [0.1, 0.15) is 22.3 Å². The fraction of sp³-hybridized carbons (Fsp3) is 0. The number of fused-ring (bicyclic) bond motifs is 11. The van der Waals surface area contributed by atoms with E-state index in [1.807, 2.05) is 0 Å². The maximum atomic E-state index is 7.05. The van der Waals surface area contributed by atoms with Crippen LogP contribution in [0.3, 0.4) is 0 Å². The molecule has 0 N–H and O–H groups in total. The number of aromatic nitrogens is 1. The lowest BCUT2D eigenvalue weighted by molar-refractivity contribution is 0.669. The molecule has 0 atom stereocenters. The highest BCUT2D eigenvalue weighted by Gasteiger charge is 2.23. The van der Waals surface area contributed by atoms with E-state index in [2.05, 4.69) is 350 Å². The monoisotopic (exact) mass is 1210 g/mol. The average Bonchev–Trinajstić information content (AvgIpc) is 1.61. The summed E-state index contributed by atoms with van der Waals surface area (Å²) in [5.74, 6) is 0. The smallest absolute Gasteiger partial charge is 0.143 e. The van der Waals surface area contributed by atoms with E-state index in [1.165, 1.54) is 54.9 Å². The number of hydrogen-bond acceptors (Lipinski definition) is 2. The Morgan fingerprint density at radius 2 is 0.484 bits per heavy atom. The number of furan rings is 2. The molecule has 0 aliphatic carbocycles. The van der Waals surface area contributed by atoms with Crippen LogP contribution in [-0.4, -0.2) is 4.57 Å². The van der Waals surface area contributed by atoms with Crippen LogP contribution >= 0.6 is 0 Å². The molecule has 3 nitrogen and oxygen atoms in total. The molecule has 3 heteroatoms. The predicted molar refractivity (Wildman–Crippen MR) is 399 cm³/mol. The molecule has 0 aliphatic heterocycles. The van der Waals surface area contributed by atoms with Crippen LogP contribution in [0.15, 0.2) is 355 Å². The first-order valence-corrected chi connectivity index (χ1v) is 32.6. The molecule has 0 spiro atoms. The predicted octanol–water partition coefficient (Wildman–Crippen LogP) is 25.9. The molecule has 0 saturated carbocycles. The highest BCUT2D eigenvalue weighted by Crippen LogP contribution is 2.48. The molecule has 0 amide bonds. The molecule has 95 heavy (non-hydrogen) atoms. The van der Waals surface area contributed by atoms with Crippen molar-refractivity contribution in [3.05, 3.63) is 346 Å². The lowest BCUT2D eigenvalue weighted by Gasteiger charge is -2.19. The van der Waals surface area contributed by atoms with E-state index in [4.69, 9.17) is 8.83 Å². The Morgan fingerprint density at radius 3 is 0.916 bits per heavy atom. The van der Waals surface area contributed by atoms with E-state index in [-0.39, 0.29) is 0 Å². The van der Waals surface area contributed by atoms with Crippen molar-refractivity contribution in [2.75, 3.05) is 0 Å². The molecule has 0 bridgehead atoms. The molecule has 442 valence electrons. The number of nitrogens with zero attached hydrogens (tertiary/aromatic N) is 1. The second kappa shape index (κ2) is 22.1. The second-order valence-electron chi connectivity index (χ2n) is 25.0. The molecular weight excluding hydrogens is 1150 g/mol. The van der Waals surface area contributed by atoms with Crippen molar-refractivity contribution < 1.29 is 8.83 Å². The molecule has 19 rings (SSSR count). The van der Waals surface area contributed by atoms with Gasteiger partial charge in [0.05, 0.1) is 11.0 Å². The van der Waals surface area contributed by atoms with E-state index in [9.17, 15) is 0 Å². The summed E-state index contributed by atoms with van der Waals surface area (Å²) in [6.45, 7) is 0. The zero-order chi connectivity index (χ0) is 62.5. The zero-order valence-electron chi connectivity index (χ0n) is 51.7. The summed E-state index contributed by atoms with van der Waals surface area (Å²) in [5.41, 5.74) is 27.2. The van der Waals surface area contributed by atoms with E-state index in [0.29, 0.717) is 0 Å². The van der Waals surface area contributed by atoms with Crippen molar-refractivity contribution in [1.29, 1.82) is 0 Å². The molecule has 3 heterocycles. The summed E-state index contributed by atoms with van der Waals surface area (Å²) in [7, 11) is 0. The quantitative estimate of drug-likeness (QED) is 0.128. The third kappa shape index (κ3) is 9.12. The van der Waals surface area contributed by atoms with Gasteiger partial charge in [-0.1, -0.05) is 267 Å². The summed E-state index contributed by atoms with van der Waals surface area (Å²) in [5, 5.41) is 11.5. The Labute approximate surface area is 548 Å². The normalized spacial score (nSPS) is 11.8. The Balaban J connectivity index is 0.832. The SMILES string of the molecule is c1ccc(-c2ccc3oc4c(-c5ccc6c7ccc(-c8cc(-c9ccccc9)cc9c8oc8ccc(-c%10ccccc%10)cc89)cc7n(-c7ccc(-c8ccc9c(-c%10ccccc%10)c%10ccccc%10c(-c%10ccccc%10)c9c8)cc7)c6c5)cc(-c5ccccc5)cc4c3c2)cc1. The summed E-state index contributed by atoms with van der Waals surface area (Å²) in [4.78, 5) is 0. The van der Waals surface area contributed by atoms with Gasteiger partial charge in [-0.2, -0.15) is 0 Å². The summed E-state index contributed by atoms with van der Waals surface area (Å²) < 4.78 is 16.6. The van der Waals surface area contributed by atoms with Crippen molar-refractivity contribution in [1.82, 2.24) is 4.57 Å². The van der Waals surface area contributed by atoms with E-state index in [0.717, 1.165) is 138 Å². The Kier molecular flexibility index (Phi) is 12.6. The van der Waals surface area contributed by atoms with E-state index in [1.54, 1.807) is 0 Å². The van der Waals surface area contributed by atoms with Gasteiger partial charge in [0.25, 0.3) is 0 Å². The minimum atomic E-state index is 0.855. The van der Waals surface area contributed by atoms with Crippen molar-refractivity contribution in [3.63, 3.8) is 0 Å². The van der Waals surface area contributed by atoms with Crippen molar-refractivity contribution in [2.24, 2.45) is 0 Å². The van der Waals surface area contributed by atoms with Crippen molar-refractivity contribution in [2.45, 2.75) is 0 Å². The largest absolute Gasteiger partial charge is 0.455 e. The second-order valence-corrected chi connectivity index (χ2v) is 25.0. The maximum Gasteiger partial charge on any atom is 0.143 e. The summed E-state index contributed by atoms with van der Waals surface area (Å²) in [6, 6.07) is 126. The van der Waals surface area contributed by atoms with E-state index < -0.39 is 0 Å². The van der Waals surface area contributed by atoms with Gasteiger partial charge < -0.3 is 13.4 Å². The Bertz CT molecular complexity index is 5950. The fourth-order valence-electron chi connectivity index (χ4n) is 15.0. The Morgan fingerprint density at radius 1 is 0.179 bits per heavy atom. The van der Waals surface area contributed by atoms with E-state index >= 15 is 0 Å². The van der Waals surface area contributed by atoms with Gasteiger partial charge in [-0.05, 0) is 189 Å². The molecule has 0 saturated heterocycles. The van der Waals surface area contributed by atoms with Crippen LogP contribution in [0.1, 0.15) is 0 Å². The highest BCUT2D eigenvalue weighted by molar-refractivity contribution is 6.22.